The molecule has 4 aromatic heterocycles. The number of methoxy groups -OCH3 is 1. The highest BCUT2D eigenvalue weighted by Crippen LogP contribution is 2.32. The summed E-state index contributed by atoms with van der Waals surface area (Å²) < 4.78 is 94.7. The number of nitrogens with one attached hydrogen (secondary N) is 5. The van der Waals surface area contributed by atoms with Gasteiger partial charge in [0.1, 0.15) is 29.1 Å². The number of fused-ring (bicyclic) bond motifs is 1. The molecule has 0 unspecified atom stereocenters. The molecular formula is C46H58BrF2N15O10S. The molecule has 1 saturated heterocycles. The molecule has 75 heavy (non-hydrogen) atoms. The summed E-state index contributed by atoms with van der Waals surface area (Å²) in [5, 5.41) is 16.2. The third-order valence-electron chi connectivity index (χ3n) is 10.8. The van der Waals surface area contributed by atoms with Gasteiger partial charge in [0.05, 0.1) is 112 Å². The predicted molar refractivity (Wildman–Crippen MR) is 275 cm³/mol. The molecule has 0 radical (unpaired) electrons. The Balaban J connectivity index is 0.747. The number of primary amides is 1. The largest absolute Gasteiger partial charge is 0.478 e. The van der Waals surface area contributed by atoms with E-state index in [-0.39, 0.29) is 73.3 Å². The number of aromatic nitrogens is 8. The van der Waals surface area contributed by atoms with Gasteiger partial charge in [-0.25, -0.2) is 36.7 Å². The summed E-state index contributed by atoms with van der Waals surface area (Å²) >= 11 is 3.33. The highest BCUT2D eigenvalue weighted by atomic mass is 79.9. The third kappa shape index (κ3) is 15.6. The fourth-order valence-electron chi connectivity index (χ4n) is 7.25. The SMILES string of the molecule is COc1nn(CCOCCOCCOCCOCCNS(=O)(=O)c2ccc(Nc3ncc(Br)c(Nc4cccc(F)c4C(N)=O)n3)cc2)cc1Nc1nc(N2C[C@@H](F)[C@H](NC(=O)OC(C)(C)C)C2)nc2c1ncn2C. The van der Waals surface area contributed by atoms with Crippen molar-refractivity contribution < 1.29 is 55.2 Å². The molecule has 0 bridgehead atoms. The van der Waals surface area contributed by atoms with Gasteiger partial charge in [-0.15, -0.1) is 5.10 Å². The molecule has 1 aliphatic heterocycles. The number of aryl methyl sites for hydroxylation is 1. The van der Waals surface area contributed by atoms with Crippen LogP contribution in [0.5, 0.6) is 5.88 Å². The van der Waals surface area contributed by atoms with Gasteiger partial charge in [0.2, 0.25) is 21.9 Å². The molecule has 2 atom stereocenters. The summed E-state index contributed by atoms with van der Waals surface area (Å²) in [5.74, 6) is -0.484. The summed E-state index contributed by atoms with van der Waals surface area (Å²) in [6.45, 7) is 8.01. The van der Waals surface area contributed by atoms with Crippen LogP contribution in [0, 0.1) is 5.82 Å². The number of rotatable bonds is 27. The van der Waals surface area contributed by atoms with E-state index in [4.69, 9.17) is 39.1 Å². The minimum Gasteiger partial charge on any atom is -0.478 e. The summed E-state index contributed by atoms with van der Waals surface area (Å²) in [4.78, 5) is 48.3. The van der Waals surface area contributed by atoms with Crippen molar-refractivity contribution in [2.45, 2.75) is 50.0 Å². The molecule has 6 aromatic rings. The van der Waals surface area contributed by atoms with E-state index in [0.29, 0.717) is 78.3 Å². The maximum absolute atomic E-state index is 15.2. The fraction of sp³-hybridized carbons (Fsp3) is 0.435. The van der Waals surface area contributed by atoms with Crippen LogP contribution < -0.4 is 41.4 Å². The first-order chi connectivity index (χ1) is 35.9. The van der Waals surface area contributed by atoms with Crippen molar-refractivity contribution in [1.82, 2.24) is 49.3 Å². The molecule has 7 rings (SSSR count). The van der Waals surface area contributed by atoms with Crippen LogP contribution in [0.25, 0.3) is 11.2 Å². The van der Waals surface area contributed by atoms with Gasteiger partial charge in [-0.1, -0.05) is 6.07 Å². The molecule has 7 N–H and O–H groups in total. The van der Waals surface area contributed by atoms with Gasteiger partial charge >= 0.3 is 6.09 Å². The van der Waals surface area contributed by atoms with Crippen molar-refractivity contribution in [3.63, 3.8) is 0 Å². The number of amides is 2. The maximum atomic E-state index is 15.2. The number of imidazole rings is 1. The first-order valence-corrected chi connectivity index (χ1v) is 25.7. The zero-order chi connectivity index (χ0) is 53.7. The topological polar surface area (TPSA) is 300 Å². The minimum absolute atomic E-state index is 0.0288. The van der Waals surface area contributed by atoms with Crippen LogP contribution in [-0.4, -0.2) is 157 Å². The van der Waals surface area contributed by atoms with Crippen LogP contribution in [-0.2, 0) is 47.3 Å². The van der Waals surface area contributed by atoms with Crippen molar-refractivity contribution in [3.05, 3.63) is 77.0 Å². The highest BCUT2D eigenvalue weighted by molar-refractivity contribution is 9.10. The number of halogens is 3. The Hall–Kier alpha value is -6.89. The lowest BCUT2D eigenvalue weighted by molar-refractivity contribution is -0.00216. The summed E-state index contributed by atoms with van der Waals surface area (Å²) in [5.41, 5.74) is 6.40. The Morgan fingerprint density at radius 1 is 0.867 bits per heavy atom. The summed E-state index contributed by atoms with van der Waals surface area (Å²) in [7, 11) is -0.558. The van der Waals surface area contributed by atoms with Crippen molar-refractivity contribution in [2.75, 3.05) is 100 Å². The lowest BCUT2D eigenvalue weighted by Gasteiger charge is -2.22. The van der Waals surface area contributed by atoms with E-state index in [1.807, 2.05) is 0 Å². The van der Waals surface area contributed by atoms with Gasteiger partial charge in [-0.3, -0.25) is 9.48 Å². The zero-order valence-corrected chi connectivity index (χ0v) is 44.0. The minimum atomic E-state index is -3.84. The van der Waals surface area contributed by atoms with Crippen LogP contribution >= 0.6 is 15.9 Å². The first kappa shape index (κ1) is 55.9. The Morgan fingerprint density at radius 3 is 2.23 bits per heavy atom. The van der Waals surface area contributed by atoms with Crippen molar-refractivity contribution in [2.24, 2.45) is 12.8 Å². The Kier molecular flexibility index (Phi) is 19.0. The Bertz CT molecular complexity index is 3020. The summed E-state index contributed by atoms with van der Waals surface area (Å²) in [6, 6.07) is 9.10. The molecular weight excluding hydrogens is 1070 g/mol. The van der Waals surface area contributed by atoms with Crippen molar-refractivity contribution >= 4 is 89.7 Å². The second-order valence-electron chi connectivity index (χ2n) is 17.6. The van der Waals surface area contributed by atoms with E-state index in [9.17, 15) is 22.4 Å². The first-order valence-electron chi connectivity index (χ1n) is 23.4. The molecule has 5 heterocycles. The van der Waals surface area contributed by atoms with Gasteiger partial charge < -0.3 is 64.9 Å². The van der Waals surface area contributed by atoms with E-state index >= 15 is 4.39 Å². The molecule has 2 amide bonds. The number of hydrogen-bond donors (Lipinski definition) is 6. The van der Waals surface area contributed by atoms with Gasteiger partial charge in [-0.05, 0) is 73.1 Å². The zero-order valence-electron chi connectivity index (χ0n) is 41.6. The molecule has 1 fully saturated rings. The molecule has 1 aliphatic rings. The van der Waals surface area contributed by atoms with Crippen LogP contribution in [0.1, 0.15) is 31.1 Å². The number of alkyl carbamates (subject to hydrolysis) is 1. The fourth-order valence-corrected chi connectivity index (χ4v) is 8.55. The number of carbonyl (C=O) groups is 2. The van der Waals surface area contributed by atoms with Gasteiger partial charge in [-0.2, -0.15) is 15.0 Å². The van der Waals surface area contributed by atoms with Crippen molar-refractivity contribution in [3.8, 4) is 5.88 Å². The normalized spacial score (nSPS) is 14.8. The monoisotopic (exact) mass is 1130 g/mol. The van der Waals surface area contributed by atoms with Crippen molar-refractivity contribution in [1.29, 1.82) is 0 Å². The number of alkyl halides is 1. The van der Waals surface area contributed by atoms with Gasteiger partial charge in [0.25, 0.3) is 11.8 Å². The third-order valence-corrected chi connectivity index (χ3v) is 12.8. The molecule has 0 spiro atoms. The summed E-state index contributed by atoms with van der Waals surface area (Å²) in [6.07, 6.45) is 2.70. The average molecular weight is 1130 g/mol. The number of hydrogen-bond acceptors (Lipinski definition) is 20. The molecule has 0 saturated carbocycles. The van der Waals surface area contributed by atoms with Crippen LogP contribution in [0.2, 0.25) is 0 Å². The average Bonchev–Trinajstić information content (AvgIpc) is 4.06. The number of ether oxygens (including phenoxy) is 6. The Labute approximate surface area is 438 Å². The molecule has 0 aliphatic carbocycles. The van der Waals surface area contributed by atoms with E-state index in [2.05, 4.69) is 67.0 Å². The second kappa shape index (κ2) is 25.6. The van der Waals surface area contributed by atoms with E-state index in [1.165, 1.54) is 49.7 Å². The molecule has 2 aromatic carbocycles. The van der Waals surface area contributed by atoms with Crippen LogP contribution in [0.3, 0.4) is 0 Å². The lowest BCUT2D eigenvalue weighted by Crippen LogP contribution is -2.44. The number of benzene rings is 2. The Morgan fingerprint density at radius 2 is 1.55 bits per heavy atom. The smallest absolute Gasteiger partial charge is 0.408 e. The number of carbonyl (C=O) groups excluding carboxylic acids is 2. The van der Waals surface area contributed by atoms with Crippen LogP contribution in [0.15, 0.2) is 70.6 Å². The molecule has 404 valence electrons. The number of nitrogens with zero attached hydrogens (tertiary/aromatic N) is 9. The lowest BCUT2D eigenvalue weighted by atomic mass is 10.1. The number of nitrogens with two attached hydrogens (primary N) is 1. The van der Waals surface area contributed by atoms with Crippen LogP contribution in [0.4, 0.5) is 54.2 Å². The number of anilines is 7. The van der Waals surface area contributed by atoms with Gasteiger partial charge in [0.15, 0.2) is 17.0 Å². The molecule has 25 nitrogen and oxygen atoms in total. The predicted octanol–water partition coefficient (Wildman–Crippen LogP) is 4.69. The molecule has 29 heteroatoms. The standard InChI is InChI=1S/C46H58BrF2N15O10S/c1-46(2,3)74-45(66)57-34-25-63(24-32(34)49)44-59-40(37-41(60-44)62(4)27-52-37)56-35-26-64(61-42(35)69-5)14-16-71-18-20-73-22-21-72-19-17-70-15-13-53-75(67,68)29-11-9-28(10-12-29)54-43-51-23-30(47)39(58-43)55-33-8-6-7-31(48)36(33)38(50)65/h6-12,23,26-27,32,34,53H,13-22,24-25H2,1-5H3,(H2,50,65)(H,57,66)(H,56,59,60)(H2,51,54,55,58)/t32-,34-/m1/s1. The van der Waals surface area contributed by atoms with E-state index in [0.717, 1.165) is 6.07 Å². The highest BCUT2D eigenvalue weighted by Gasteiger charge is 2.37. The quantitative estimate of drug-likeness (QED) is 0.0381. The maximum Gasteiger partial charge on any atom is 0.408 e. The van der Waals surface area contributed by atoms with E-state index < -0.39 is 45.7 Å². The van der Waals surface area contributed by atoms with E-state index in [1.54, 1.807) is 54.5 Å². The van der Waals surface area contributed by atoms with Gasteiger partial charge in [0, 0.05) is 32.0 Å². The second-order valence-corrected chi connectivity index (χ2v) is 20.2. The number of sulfonamides is 1.